The zero-order chi connectivity index (χ0) is 22.7. The average molecular weight is 497 g/mol. The van der Waals surface area contributed by atoms with Crippen LogP contribution in [0.3, 0.4) is 0 Å². The fraction of sp³-hybridized carbons (Fsp3) is 0.385. The van der Waals surface area contributed by atoms with Crippen LogP contribution in [0.15, 0.2) is 58.4 Å². The second-order valence-corrected chi connectivity index (χ2v) is 12.2. The molecule has 170 valence electrons. The van der Waals surface area contributed by atoms with Gasteiger partial charge in [-0.05, 0) is 73.8 Å². The van der Waals surface area contributed by atoms with Crippen molar-refractivity contribution in [3.63, 3.8) is 0 Å². The van der Waals surface area contributed by atoms with E-state index in [0.717, 1.165) is 32.1 Å². The summed E-state index contributed by atoms with van der Waals surface area (Å²) in [5.41, 5.74) is 3.13. The van der Waals surface area contributed by atoms with Crippen molar-refractivity contribution in [2.24, 2.45) is 17.8 Å². The molecule has 6 rings (SSSR count). The summed E-state index contributed by atoms with van der Waals surface area (Å²) in [5.74, 6) is 2.02. The van der Waals surface area contributed by atoms with Crippen LogP contribution in [0.25, 0.3) is 0 Å². The summed E-state index contributed by atoms with van der Waals surface area (Å²) in [6.07, 6.45) is 3.86. The predicted molar refractivity (Wildman–Crippen MR) is 136 cm³/mol. The Balaban J connectivity index is 1.36. The highest BCUT2D eigenvalue weighted by Crippen LogP contribution is 2.64. The molecule has 7 heteroatoms. The molecule has 3 aliphatic rings. The molecular formula is C26H25ClN2O2S2. The molecule has 2 fully saturated rings. The quantitative estimate of drug-likeness (QED) is 0.470. The maximum atomic E-state index is 13.1. The van der Waals surface area contributed by atoms with E-state index in [0.29, 0.717) is 17.1 Å². The zero-order valence-corrected chi connectivity index (χ0v) is 20.7. The molecule has 3 aromatic rings. The minimum atomic E-state index is -0.166. The van der Waals surface area contributed by atoms with E-state index >= 15 is 0 Å². The molecule has 1 amide bonds. The monoisotopic (exact) mass is 496 g/mol. The molecule has 2 saturated carbocycles. The van der Waals surface area contributed by atoms with Gasteiger partial charge in [-0.15, -0.1) is 11.8 Å². The predicted octanol–water partition coefficient (Wildman–Crippen LogP) is 6.16. The van der Waals surface area contributed by atoms with E-state index in [4.69, 9.17) is 11.6 Å². The van der Waals surface area contributed by atoms with Gasteiger partial charge in [-0.2, -0.15) is 0 Å². The lowest BCUT2D eigenvalue weighted by molar-refractivity contribution is -0.116. The van der Waals surface area contributed by atoms with Gasteiger partial charge < -0.3 is 5.32 Å². The molecule has 2 bridgehead atoms. The number of nitrogens with one attached hydrogen (secondary N) is 1. The number of halogens is 1. The number of thiazole rings is 1. The molecule has 0 saturated heterocycles. The Hall–Kier alpha value is -2.02. The van der Waals surface area contributed by atoms with Crippen LogP contribution in [0.5, 0.6) is 0 Å². The van der Waals surface area contributed by atoms with Crippen molar-refractivity contribution in [2.45, 2.75) is 48.9 Å². The number of carbonyl (C=O) groups excluding carboxylic acids is 1. The first-order chi connectivity index (χ1) is 16.0. The molecule has 0 spiro atoms. The molecule has 2 aliphatic carbocycles. The van der Waals surface area contributed by atoms with Gasteiger partial charge in [0, 0.05) is 26.8 Å². The van der Waals surface area contributed by atoms with Gasteiger partial charge in [0.2, 0.25) is 5.91 Å². The minimum absolute atomic E-state index is 0.0437. The molecule has 2 aromatic carbocycles. The fourth-order valence-corrected chi connectivity index (χ4v) is 9.39. The van der Waals surface area contributed by atoms with Gasteiger partial charge in [0.1, 0.15) is 6.54 Å². The molecule has 1 aromatic heterocycles. The SMILES string of the molecule is Cc1ccc(NC(=O)Cn2c3c(sc2=O)[C@H](c2ccc(Cl)cc2)[C@H]2[C@H]4CC[C@@H](C4)[C@@H]2S3)cc1. The van der Waals surface area contributed by atoms with Gasteiger partial charge >= 0.3 is 4.87 Å². The van der Waals surface area contributed by atoms with Crippen LogP contribution in [0.4, 0.5) is 5.69 Å². The molecular weight excluding hydrogens is 472 g/mol. The molecule has 33 heavy (non-hydrogen) atoms. The molecule has 1 N–H and O–H groups in total. The second-order valence-electron chi connectivity index (χ2n) is 9.56. The van der Waals surface area contributed by atoms with E-state index in [1.165, 1.54) is 36.2 Å². The lowest BCUT2D eigenvalue weighted by Crippen LogP contribution is -2.34. The first-order valence-electron chi connectivity index (χ1n) is 11.5. The maximum Gasteiger partial charge on any atom is 0.308 e. The standard InChI is InChI=1S/C26H25ClN2O2S2/c1-14-2-10-19(11-3-14)28-20(30)13-29-25-24(33-26(29)31)21(15-6-8-18(27)9-7-15)22-16-4-5-17(12-16)23(22)32-25/h2-3,6-11,16-17,21-23H,4-5,12-13H2,1H3,(H,28,30)/t16-,17-,21+,22+,23-/m0/s1. The molecule has 0 radical (unpaired) electrons. The smallest absolute Gasteiger partial charge is 0.308 e. The summed E-state index contributed by atoms with van der Waals surface area (Å²) in [5, 5.41) is 5.18. The van der Waals surface area contributed by atoms with E-state index in [1.807, 2.05) is 55.1 Å². The van der Waals surface area contributed by atoms with E-state index in [9.17, 15) is 9.59 Å². The summed E-state index contributed by atoms with van der Waals surface area (Å²) in [7, 11) is 0. The fourth-order valence-electron chi connectivity index (χ4n) is 6.11. The van der Waals surface area contributed by atoms with Crippen molar-refractivity contribution in [3.05, 3.63) is 79.2 Å². The lowest BCUT2D eigenvalue weighted by Gasteiger charge is -2.40. The van der Waals surface area contributed by atoms with E-state index < -0.39 is 0 Å². The Kier molecular flexibility index (Phi) is 5.43. The van der Waals surface area contributed by atoms with Gasteiger partial charge in [-0.1, -0.05) is 52.8 Å². The van der Waals surface area contributed by atoms with Gasteiger partial charge in [-0.25, -0.2) is 0 Å². The van der Waals surface area contributed by atoms with Crippen molar-refractivity contribution in [1.29, 1.82) is 0 Å². The second kappa shape index (κ2) is 8.33. The van der Waals surface area contributed by atoms with Crippen LogP contribution < -0.4 is 10.2 Å². The number of carbonyl (C=O) groups is 1. The Morgan fingerprint density at radius 2 is 1.82 bits per heavy atom. The molecule has 0 unspecified atom stereocenters. The Bertz CT molecular complexity index is 1260. The number of aryl methyl sites for hydroxylation is 1. The molecule has 1 aliphatic heterocycles. The normalized spacial score (nSPS) is 27.3. The van der Waals surface area contributed by atoms with Crippen LogP contribution in [0, 0.1) is 24.7 Å². The number of hydrogen-bond donors (Lipinski definition) is 1. The van der Waals surface area contributed by atoms with Crippen LogP contribution in [-0.2, 0) is 11.3 Å². The third-order valence-electron chi connectivity index (χ3n) is 7.56. The number of fused-ring (bicyclic) bond motifs is 6. The zero-order valence-electron chi connectivity index (χ0n) is 18.3. The van der Waals surface area contributed by atoms with E-state index in [2.05, 4.69) is 17.4 Å². The van der Waals surface area contributed by atoms with Crippen LogP contribution >= 0.6 is 34.7 Å². The van der Waals surface area contributed by atoms with Crippen LogP contribution in [-0.4, -0.2) is 15.7 Å². The van der Waals surface area contributed by atoms with Gasteiger partial charge in [0.25, 0.3) is 0 Å². The summed E-state index contributed by atoms with van der Waals surface area (Å²) < 4.78 is 1.71. The molecule has 4 nitrogen and oxygen atoms in total. The lowest BCUT2D eigenvalue weighted by atomic mass is 9.75. The number of thioether (sulfide) groups is 1. The molecule has 5 atom stereocenters. The van der Waals surface area contributed by atoms with Gasteiger partial charge in [0.05, 0.1) is 5.03 Å². The highest BCUT2D eigenvalue weighted by molar-refractivity contribution is 8.00. The number of nitrogens with zero attached hydrogens (tertiary/aromatic N) is 1. The number of anilines is 1. The largest absolute Gasteiger partial charge is 0.325 e. The third-order valence-corrected chi connectivity index (χ3v) is 10.6. The van der Waals surface area contributed by atoms with Crippen LogP contribution in [0.2, 0.25) is 5.02 Å². The van der Waals surface area contributed by atoms with Crippen molar-refractivity contribution in [2.75, 3.05) is 5.32 Å². The van der Waals surface area contributed by atoms with Crippen LogP contribution in [0.1, 0.15) is 41.2 Å². The van der Waals surface area contributed by atoms with Crippen molar-refractivity contribution < 1.29 is 4.79 Å². The van der Waals surface area contributed by atoms with E-state index in [-0.39, 0.29) is 23.2 Å². The first-order valence-corrected chi connectivity index (χ1v) is 13.6. The van der Waals surface area contributed by atoms with Crippen molar-refractivity contribution in [1.82, 2.24) is 4.57 Å². The summed E-state index contributed by atoms with van der Waals surface area (Å²) in [4.78, 5) is 27.1. The Labute approximate surface area is 206 Å². The average Bonchev–Trinajstić information content (AvgIpc) is 3.49. The topological polar surface area (TPSA) is 51.1 Å². The number of aromatic nitrogens is 1. The highest BCUT2D eigenvalue weighted by Gasteiger charge is 2.55. The van der Waals surface area contributed by atoms with Gasteiger partial charge in [-0.3, -0.25) is 14.2 Å². The van der Waals surface area contributed by atoms with Crippen molar-refractivity contribution in [3.8, 4) is 0 Å². The van der Waals surface area contributed by atoms with Gasteiger partial charge in [0.15, 0.2) is 0 Å². The summed E-state index contributed by atoms with van der Waals surface area (Å²) in [6.45, 7) is 2.06. The summed E-state index contributed by atoms with van der Waals surface area (Å²) >= 11 is 9.37. The number of rotatable bonds is 4. The Morgan fingerprint density at radius 1 is 1.09 bits per heavy atom. The first kappa shape index (κ1) is 21.5. The highest BCUT2D eigenvalue weighted by atomic mass is 35.5. The summed E-state index contributed by atoms with van der Waals surface area (Å²) in [6, 6.07) is 15.9. The number of amides is 1. The van der Waals surface area contributed by atoms with E-state index in [1.54, 1.807) is 4.57 Å². The maximum absolute atomic E-state index is 13.1. The Morgan fingerprint density at radius 3 is 2.58 bits per heavy atom. The van der Waals surface area contributed by atoms with Crippen molar-refractivity contribution >= 4 is 46.3 Å². The number of hydrogen-bond acceptors (Lipinski definition) is 4. The number of benzene rings is 2. The third kappa shape index (κ3) is 3.76. The molecule has 2 heterocycles. The minimum Gasteiger partial charge on any atom is -0.325 e.